The quantitative estimate of drug-likeness (QED) is 0.358. The monoisotopic (exact) mass is 461 g/mol. The van der Waals surface area contributed by atoms with Crippen molar-refractivity contribution in [1.82, 2.24) is 14.9 Å². The smallest absolute Gasteiger partial charge is 0.273 e. The van der Waals surface area contributed by atoms with Crippen LogP contribution in [0.3, 0.4) is 0 Å². The summed E-state index contributed by atoms with van der Waals surface area (Å²) in [6.45, 7) is 5.26. The summed E-state index contributed by atoms with van der Waals surface area (Å²) < 4.78 is 10.7. The molecule has 0 unspecified atom stereocenters. The normalized spacial score (nSPS) is 11.0. The fourth-order valence-corrected chi connectivity index (χ4v) is 4.35. The molecule has 2 heterocycles. The second kappa shape index (κ2) is 10.1. The Morgan fingerprint density at radius 2 is 1.91 bits per heavy atom. The summed E-state index contributed by atoms with van der Waals surface area (Å²) in [5.41, 5.74) is 5.29. The van der Waals surface area contributed by atoms with E-state index in [2.05, 4.69) is 36.2 Å². The SMILES string of the molecule is COCCN(Cc1cc2ccc(OC)cc2nc1-c1cccc(C)c1)C(=O)c1csc(C)n1. The van der Waals surface area contributed by atoms with Crippen LogP contribution in [0.2, 0.25) is 0 Å². The molecular formula is C26H27N3O3S. The molecule has 1 amide bonds. The lowest BCUT2D eigenvalue weighted by molar-refractivity contribution is 0.0675. The molecule has 0 atom stereocenters. The summed E-state index contributed by atoms with van der Waals surface area (Å²) in [7, 11) is 3.29. The lowest BCUT2D eigenvalue weighted by Gasteiger charge is -2.23. The number of amides is 1. The first-order chi connectivity index (χ1) is 16.0. The number of aromatic nitrogens is 2. The van der Waals surface area contributed by atoms with Crippen LogP contribution >= 0.6 is 11.3 Å². The Hall–Kier alpha value is -3.29. The van der Waals surface area contributed by atoms with Crippen LogP contribution in [-0.2, 0) is 11.3 Å². The van der Waals surface area contributed by atoms with E-state index in [1.165, 1.54) is 11.3 Å². The van der Waals surface area contributed by atoms with Crippen molar-refractivity contribution in [2.45, 2.75) is 20.4 Å². The van der Waals surface area contributed by atoms with Gasteiger partial charge in [-0.3, -0.25) is 4.79 Å². The predicted octanol–water partition coefficient (Wildman–Crippen LogP) is 5.27. The fraction of sp³-hybridized carbons (Fsp3) is 0.269. The average molecular weight is 462 g/mol. The number of carbonyl (C=O) groups excluding carboxylic acids is 1. The maximum Gasteiger partial charge on any atom is 0.273 e. The van der Waals surface area contributed by atoms with Gasteiger partial charge in [0.05, 0.1) is 29.9 Å². The number of nitrogens with zero attached hydrogens (tertiary/aromatic N) is 3. The first-order valence-electron chi connectivity index (χ1n) is 10.7. The van der Waals surface area contributed by atoms with Gasteiger partial charge in [0.1, 0.15) is 11.4 Å². The van der Waals surface area contributed by atoms with E-state index in [1.54, 1.807) is 19.1 Å². The lowest BCUT2D eigenvalue weighted by atomic mass is 10.0. The van der Waals surface area contributed by atoms with Crippen molar-refractivity contribution in [3.05, 3.63) is 75.7 Å². The number of fused-ring (bicyclic) bond motifs is 1. The van der Waals surface area contributed by atoms with Gasteiger partial charge in [0.2, 0.25) is 0 Å². The van der Waals surface area contributed by atoms with Gasteiger partial charge in [-0.25, -0.2) is 9.97 Å². The van der Waals surface area contributed by atoms with E-state index < -0.39 is 0 Å². The predicted molar refractivity (Wildman–Crippen MR) is 132 cm³/mol. The van der Waals surface area contributed by atoms with Crippen molar-refractivity contribution in [2.75, 3.05) is 27.4 Å². The van der Waals surface area contributed by atoms with Gasteiger partial charge >= 0.3 is 0 Å². The zero-order valence-electron chi connectivity index (χ0n) is 19.3. The summed E-state index contributed by atoms with van der Waals surface area (Å²) in [6, 6.07) is 16.2. The Morgan fingerprint density at radius 1 is 1.06 bits per heavy atom. The number of aryl methyl sites for hydroxylation is 2. The number of methoxy groups -OCH3 is 2. The number of hydrogen-bond donors (Lipinski definition) is 0. The van der Waals surface area contributed by atoms with E-state index in [1.807, 2.05) is 36.6 Å². The summed E-state index contributed by atoms with van der Waals surface area (Å²) in [5.74, 6) is 0.648. The van der Waals surface area contributed by atoms with Gasteiger partial charge in [0, 0.05) is 42.6 Å². The van der Waals surface area contributed by atoms with E-state index in [-0.39, 0.29) is 5.91 Å². The summed E-state index contributed by atoms with van der Waals surface area (Å²) in [6.07, 6.45) is 0. The largest absolute Gasteiger partial charge is 0.497 e. The molecule has 0 bridgehead atoms. The molecule has 0 aliphatic rings. The van der Waals surface area contributed by atoms with Gasteiger partial charge in [-0.05, 0) is 43.7 Å². The maximum absolute atomic E-state index is 13.3. The van der Waals surface area contributed by atoms with Crippen LogP contribution in [0.5, 0.6) is 5.75 Å². The molecule has 0 aliphatic carbocycles. The molecule has 33 heavy (non-hydrogen) atoms. The van der Waals surface area contributed by atoms with E-state index >= 15 is 0 Å². The van der Waals surface area contributed by atoms with Crippen LogP contribution in [0.1, 0.15) is 26.6 Å². The minimum absolute atomic E-state index is 0.110. The Balaban J connectivity index is 1.80. The standard InChI is InChI=1S/C26H27N3O3S/c1-17-6-5-7-20(12-17)25-21(13-19-8-9-22(32-4)14-23(19)28-25)15-29(10-11-31-3)26(30)24-16-33-18(2)27-24/h5-9,12-14,16H,10-11,15H2,1-4H3. The average Bonchev–Trinajstić information content (AvgIpc) is 3.26. The zero-order valence-corrected chi connectivity index (χ0v) is 20.1. The molecule has 2 aromatic carbocycles. The molecule has 2 aromatic heterocycles. The van der Waals surface area contributed by atoms with Crippen molar-refractivity contribution >= 4 is 28.1 Å². The molecule has 0 N–H and O–H groups in total. The van der Waals surface area contributed by atoms with Gasteiger partial charge in [-0.1, -0.05) is 23.8 Å². The molecule has 0 aliphatic heterocycles. The highest BCUT2D eigenvalue weighted by molar-refractivity contribution is 7.09. The van der Waals surface area contributed by atoms with Crippen LogP contribution in [0.4, 0.5) is 0 Å². The highest BCUT2D eigenvalue weighted by Crippen LogP contribution is 2.29. The third-order valence-corrected chi connectivity index (χ3v) is 6.22. The van der Waals surface area contributed by atoms with E-state index in [4.69, 9.17) is 14.5 Å². The molecule has 170 valence electrons. The Morgan fingerprint density at radius 3 is 2.61 bits per heavy atom. The van der Waals surface area contributed by atoms with Gasteiger partial charge in [-0.2, -0.15) is 0 Å². The Kier molecular flexibility index (Phi) is 7.01. The molecule has 4 aromatic rings. The third-order valence-electron chi connectivity index (χ3n) is 5.45. The van der Waals surface area contributed by atoms with Crippen molar-refractivity contribution < 1.29 is 14.3 Å². The molecule has 4 rings (SSSR count). The van der Waals surface area contributed by atoms with Crippen molar-refractivity contribution in [3.8, 4) is 17.0 Å². The topological polar surface area (TPSA) is 64.6 Å². The first kappa shape index (κ1) is 22.9. The Bertz CT molecular complexity index is 1290. The molecule has 0 saturated carbocycles. The summed E-state index contributed by atoms with van der Waals surface area (Å²) in [5, 5.41) is 3.67. The number of hydrogen-bond acceptors (Lipinski definition) is 6. The molecule has 0 radical (unpaired) electrons. The van der Waals surface area contributed by atoms with Crippen LogP contribution in [-0.4, -0.2) is 48.1 Å². The van der Waals surface area contributed by atoms with Gasteiger partial charge < -0.3 is 14.4 Å². The molecule has 0 saturated heterocycles. The van der Waals surface area contributed by atoms with Crippen LogP contribution in [0.25, 0.3) is 22.2 Å². The molecule has 0 spiro atoms. The minimum Gasteiger partial charge on any atom is -0.497 e. The number of ether oxygens (including phenoxy) is 2. The Labute approximate surface area is 197 Å². The molecule has 0 fully saturated rings. The number of pyridine rings is 1. The molecule has 6 nitrogen and oxygen atoms in total. The van der Waals surface area contributed by atoms with Crippen LogP contribution < -0.4 is 4.74 Å². The molecule has 7 heteroatoms. The van der Waals surface area contributed by atoms with E-state index in [9.17, 15) is 4.79 Å². The van der Waals surface area contributed by atoms with Gasteiger partial charge in [0.25, 0.3) is 5.91 Å². The third kappa shape index (κ3) is 5.21. The van der Waals surface area contributed by atoms with E-state index in [0.29, 0.717) is 25.4 Å². The minimum atomic E-state index is -0.110. The van der Waals surface area contributed by atoms with Crippen molar-refractivity contribution in [3.63, 3.8) is 0 Å². The highest BCUT2D eigenvalue weighted by atomic mass is 32.1. The van der Waals surface area contributed by atoms with Crippen LogP contribution in [0, 0.1) is 13.8 Å². The summed E-state index contributed by atoms with van der Waals surface area (Å²) in [4.78, 5) is 24.5. The molecular weight excluding hydrogens is 434 g/mol. The van der Waals surface area contributed by atoms with Crippen molar-refractivity contribution in [2.24, 2.45) is 0 Å². The highest BCUT2D eigenvalue weighted by Gasteiger charge is 2.21. The zero-order chi connectivity index (χ0) is 23.4. The second-order valence-corrected chi connectivity index (χ2v) is 8.96. The maximum atomic E-state index is 13.3. The van der Waals surface area contributed by atoms with Crippen LogP contribution in [0.15, 0.2) is 53.9 Å². The number of carbonyl (C=O) groups is 1. The first-order valence-corrected chi connectivity index (χ1v) is 11.6. The van der Waals surface area contributed by atoms with E-state index in [0.717, 1.165) is 44.0 Å². The van der Waals surface area contributed by atoms with Crippen molar-refractivity contribution in [1.29, 1.82) is 0 Å². The van der Waals surface area contributed by atoms with Gasteiger partial charge in [-0.15, -0.1) is 11.3 Å². The lowest BCUT2D eigenvalue weighted by Crippen LogP contribution is -2.34. The number of benzene rings is 2. The summed E-state index contributed by atoms with van der Waals surface area (Å²) >= 11 is 1.47. The number of thiazole rings is 1. The van der Waals surface area contributed by atoms with Gasteiger partial charge in [0.15, 0.2) is 0 Å². The second-order valence-electron chi connectivity index (χ2n) is 7.90. The fourth-order valence-electron chi connectivity index (χ4n) is 3.76. The number of rotatable bonds is 8.